The average Bonchev–Trinajstić information content (AvgIpc) is 2.95. The fraction of sp³-hybridized carbons (Fsp3) is 0.125. The van der Waals surface area contributed by atoms with Crippen LogP contribution in [0.1, 0.15) is 16.1 Å². The van der Waals surface area contributed by atoms with Gasteiger partial charge in [-0.05, 0) is 29.8 Å². The summed E-state index contributed by atoms with van der Waals surface area (Å²) in [6, 6.07) is 11.3. The molecule has 6 heteroatoms. The summed E-state index contributed by atoms with van der Waals surface area (Å²) in [6.07, 6.45) is 1.71. The highest BCUT2D eigenvalue weighted by molar-refractivity contribution is 5.94. The molecule has 4 N–H and O–H groups in total. The Morgan fingerprint density at radius 2 is 2.23 bits per heavy atom. The van der Waals surface area contributed by atoms with Crippen LogP contribution in [0.25, 0.3) is 11.0 Å². The number of ether oxygens (including phenoxy) is 1. The minimum Gasteiger partial charge on any atom is -0.464 e. The van der Waals surface area contributed by atoms with Crippen LogP contribution in [0.4, 0.5) is 11.4 Å². The van der Waals surface area contributed by atoms with E-state index in [9.17, 15) is 4.79 Å². The van der Waals surface area contributed by atoms with Crippen molar-refractivity contribution in [1.82, 2.24) is 9.97 Å². The third kappa shape index (κ3) is 2.85. The van der Waals surface area contributed by atoms with E-state index >= 15 is 0 Å². The summed E-state index contributed by atoms with van der Waals surface area (Å²) in [5.41, 5.74) is 9.48. The van der Waals surface area contributed by atoms with Gasteiger partial charge in [0, 0.05) is 17.6 Å². The van der Waals surface area contributed by atoms with E-state index in [2.05, 4.69) is 20.0 Å². The lowest BCUT2D eigenvalue weighted by atomic mass is 10.2. The molecule has 0 bridgehead atoms. The minimum absolute atomic E-state index is 0.387. The van der Waals surface area contributed by atoms with Crippen molar-refractivity contribution in [3.63, 3.8) is 0 Å². The highest BCUT2D eigenvalue weighted by Gasteiger charge is 2.10. The van der Waals surface area contributed by atoms with Crippen LogP contribution >= 0.6 is 0 Å². The highest BCUT2D eigenvalue weighted by Crippen LogP contribution is 2.19. The van der Waals surface area contributed by atoms with Crippen LogP contribution in [0, 0.1) is 0 Å². The van der Waals surface area contributed by atoms with Crippen LogP contribution in [-0.4, -0.2) is 23.0 Å². The van der Waals surface area contributed by atoms with Gasteiger partial charge in [-0.15, -0.1) is 0 Å². The number of pyridine rings is 1. The summed E-state index contributed by atoms with van der Waals surface area (Å²) < 4.78 is 4.69. The third-order valence-corrected chi connectivity index (χ3v) is 3.32. The molecule has 0 spiro atoms. The van der Waals surface area contributed by atoms with Gasteiger partial charge in [0.15, 0.2) is 0 Å². The zero-order chi connectivity index (χ0) is 15.5. The van der Waals surface area contributed by atoms with Gasteiger partial charge in [0.25, 0.3) is 0 Å². The smallest absolute Gasteiger partial charge is 0.354 e. The summed E-state index contributed by atoms with van der Waals surface area (Å²) in [5, 5.41) is 4.13. The predicted octanol–water partition coefficient (Wildman–Crippen LogP) is 2.54. The number of H-pyrrole nitrogens is 1. The molecule has 0 saturated carbocycles. The molecule has 112 valence electrons. The molecular formula is C16H16N4O2. The van der Waals surface area contributed by atoms with Gasteiger partial charge in [-0.1, -0.05) is 12.1 Å². The number of methoxy groups -OCH3 is 1. The highest BCUT2D eigenvalue weighted by atomic mass is 16.5. The predicted molar refractivity (Wildman–Crippen MR) is 85.6 cm³/mol. The monoisotopic (exact) mass is 296 g/mol. The Hall–Kier alpha value is -3.02. The Morgan fingerprint density at radius 3 is 3.00 bits per heavy atom. The first-order valence-electron chi connectivity index (χ1n) is 6.81. The number of hydrogen-bond donors (Lipinski definition) is 3. The van der Waals surface area contributed by atoms with E-state index in [4.69, 9.17) is 5.73 Å². The number of nitrogens with two attached hydrogens (primary N) is 1. The standard InChI is InChI=1S/C16H16N4O2/c1-22-16(21)14-7-11-6-13(9-19-15(11)20-14)18-8-10-3-2-4-12(17)5-10/h2-7,9,18H,8,17H2,1H3,(H,19,20). The topological polar surface area (TPSA) is 93.0 Å². The Bertz CT molecular complexity index is 826. The Morgan fingerprint density at radius 1 is 1.36 bits per heavy atom. The quantitative estimate of drug-likeness (QED) is 0.508. The third-order valence-electron chi connectivity index (χ3n) is 3.32. The number of carbonyl (C=O) groups excluding carboxylic acids is 1. The van der Waals surface area contributed by atoms with Crippen molar-refractivity contribution in [2.75, 3.05) is 18.2 Å². The number of esters is 1. The first kappa shape index (κ1) is 13.9. The molecule has 0 fully saturated rings. The zero-order valence-electron chi connectivity index (χ0n) is 12.1. The van der Waals surface area contributed by atoms with Crippen LogP contribution in [0.5, 0.6) is 0 Å². The van der Waals surface area contributed by atoms with Gasteiger partial charge in [0.05, 0.1) is 19.0 Å². The van der Waals surface area contributed by atoms with E-state index in [1.165, 1.54) is 7.11 Å². The molecule has 0 aliphatic carbocycles. The van der Waals surface area contributed by atoms with Crippen molar-refractivity contribution >= 4 is 28.4 Å². The lowest BCUT2D eigenvalue weighted by Gasteiger charge is -2.06. The number of hydrogen-bond acceptors (Lipinski definition) is 5. The minimum atomic E-state index is -0.410. The molecule has 0 aliphatic rings. The number of carbonyl (C=O) groups is 1. The number of aromatic nitrogens is 2. The van der Waals surface area contributed by atoms with Crippen LogP contribution in [0.2, 0.25) is 0 Å². The number of nitrogens with zero attached hydrogens (tertiary/aromatic N) is 1. The molecule has 0 unspecified atom stereocenters. The maximum atomic E-state index is 11.5. The molecule has 0 atom stereocenters. The number of benzene rings is 1. The SMILES string of the molecule is COC(=O)c1cc2cc(NCc3cccc(N)c3)cnc2[nH]1. The molecule has 2 aromatic heterocycles. The largest absolute Gasteiger partial charge is 0.464 e. The summed E-state index contributed by atoms with van der Waals surface area (Å²) in [6.45, 7) is 0.645. The summed E-state index contributed by atoms with van der Waals surface area (Å²) in [4.78, 5) is 18.7. The summed E-state index contributed by atoms with van der Waals surface area (Å²) >= 11 is 0. The average molecular weight is 296 g/mol. The van der Waals surface area contributed by atoms with Gasteiger partial charge in [0.1, 0.15) is 11.3 Å². The van der Waals surface area contributed by atoms with Crippen molar-refractivity contribution in [3.05, 3.63) is 53.9 Å². The lowest BCUT2D eigenvalue weighted by Crippen LogP contribution is -2.00. The number of nitrogen functional groups attached to an aromatic ring is 1. The normalized spacial score (nSPS) is 10.6. The second kappa shape index (κ2) is 5.77. The number of fused-ring (bicyclic) bond motifs is 1. The maximum Gasteiger partial charge on any atom is 0.354 e. The van der Waals surface area contributed by atoms with Crippen molar-refractivity contribution < 1.29 is 9.53 Å². The lowest BCUT2D eigenvalue weighted by molar-refractivity contribution is 0.0595. The fourth-order valence-electron chi connectivity index (χ4n) is 2.24. The molecule has 3 rings (SSSR count). The van der Waals surface area contributed by atoms with E-state index in [-0.39, 0.29) is 0 Å². The second-order valence-electron chi connectivity index (χ2n) is 4.94. The van der Waals surface area contributed by atoms with Gasteiger partial charge < -0.3 is 20.8 Å². The van der Waals surface area contributed by atoms with Gasteiger partial charge in [-0.25, -0.2) is 9.78 Å². The first-order chi connectivity index (χ1) is 10.7. The van der Waals surface area contributed by atoms with Crippen molar-refractivity contribution in [3.8, 4) is 0 Å². The molecule has 0 amide bonds. The molecular weight excluding hydrogens is 280 g/mol. The van der Waals surface area contributed by atoms with E-state index in [0.717, 1.165) is 22.3 Å². The Kier molecular flexibility index (Phi) is 3.65. The number of nitrogens with one attached hydrogen (secondary N) is 2. The molecule has 0 aliphatic heterocycles. The van der Waals surface area contributed by atoms with E-state index in [1.54, 1.807) is 12.3 Å². The maximum absolute atomic E-state index is 11.5. The van der Waals surface area contributed by atoms with Gasteiger partial charge in [-0.3, -0.25) is 0 Å². The van der Waals surface area contributed by atoms with Crippen LogP contribution < -0.4 is 11.1 Å². The number of anilines is 2. The Balaban J connectivity index is 1.78. The van der Waals surface area contributed by atoms with E-state index < -0.39 is 5.97 Å². The summed E-state index contributed by atoms with van der Waals surface area (Å²) in [7, 11) is 1.35. The first-order valence-corrected chi connectivity index (χ1v) is 6.81. The van der Waals surface area contributed by atoms with Gasteiger partial charge in [-0.2, -0.15) is 0 Å². The fourth-order valence-corrected chi connectivity index (χ4v) is 2.24. The van der Waals surface area contributed by atoms with Gasteiger partial charge in [0.2, 0.25) is 0 Å². The van der Waals surface area contributed by atoms with E-state index in [0.29, 0.717) is 17.9 Å². The van der Waals surface area contributed by atoms with E-state index in [1.807, 2.05) is 30.3 Å². The molecule has 1 aromatic carbocycles. The second-order valence-corrected chi connectivity index (χ2v) is 4.94. The van der Waals surface area contributed by atoms with Crippen LogP contribution in [0.15, 0.2) is 42.6 Å². The zero-order valence-corrected chi connectivity index (χ0v) is 12.1. The van der Waals surface area contributed by atoms with Crippen molar-refractivity contribution in [1.29, 1.82) is 0 Å². The molecule has 22 heavy (non-hydrogen) atoms. The van der Waals surface area contributed by atoms with Gasteiger partial charge >= 0.3 is 5.97 Å². The van der Waals surface area contributed by atoms with Crippen LogP contribution in [-0.2, 0) is 11.3 Å². The molecule has 0 radical (unpaired) electrons. The summed E-state index contributed by atoms with van der Waals surface area (Å²) in [5.74, 6) is -0.410. The Labute approximate surface area is 127 Å². The molecule has 6 nitrogen and oxygen atoms in total. The number of aromatic amines is 1. The molecule has 0 saturated heterocycles. The molecule has 2 heterocycles. The molecule has 3 aromatic rings. The number of rotatable bonds is 4. The van der Waals surface area contributed by atoms with Crippen molar-refractivity contribution in [2.24, 2.45) is 0 Å². The van der Waals surface area contributed by atoms with Crippen LogP contribution in [0.3, 0.4) is 0 Å². The van der Waals surface area contributed by atoms with Crippen molar-refractivity contribution in [2.45, 2.75) is 6.54 Å².